The van der Waals surface area contributed by atoms with Gasteiger partial charge in [0.1, 0.15) is 13.2 Å². The van der Waals surface area contributed by atoms with Gasteiger partial charge < -0.3 is 25.0 Å². The number of carbonyl (C=O) groups is 2. The molecule has 2 aromatic rings. The maximum atomic E-state index is 12.4. The van der Waals surface area contributed by atoms with E-state index in [9.17, 15) is 9.59 Å². The van der Waals surface area contributed by atoms with E-state index in [1.807, 2.05) is 6.07 Å². The van der Waals surface area contributed by atoms with E-state index in [1.165, 1.54) is 0 Å². The summed E-state index contributed by atoms with van der Waals surface area (Å²) in [5.41, 5.74) is 1.36. The van der Waals surface area contributed by atoms with Crippen molar-refractivity contribution in [2.24, 2.45) is 0 Å². The Bertz CT molecular complexity index is 872. The molecule has 0 unspecified atom stereocenters. The lowest BCUT2D eigenvalue weighted by Crippen LogP contribution is -2.39. The second-order valence-corrected chi connectivity index (χ2v) is 6.78. The maximum absolute atomic E-state index is 12.4. The van der Waals surface area contributed by atoms with Crippen LogP contribution in [-0.2, 0) is 4.79 Å². The van der Waals surface area contributed by atoms with Crippen LogP contribution < -0.4 is 25.0 Å². The second kappa shape index (κ2) is 7.36. The van der Waals surface area contributed by atoms with Crippen molar-refractivity contribution in [2.45, 2.75) is 12.5 Å². The van der Waals surface area contributed by atoms with Gasteiger partial charge in [0.25, 0.3) is 0 Å². The molecule has 1 fully saturated rings. The molecule has 2 N–H and O–H groups in total. The molecule has 2 aliphatic heterocycles. The summed E-state index contributed by atoms with van der Waals surface area (Å²) in [5.74, 6) is 1.25. The Labute approximate surface area is 161 Å². The third-order valence-electron chi connectivity index (χ3n) is 4.40. The van der Waals surface area contributed by atoms with Crippen LogP contribution in [-0.4, -0.2) is 37.7 Å². The number of nitrogens with zero attached hydrogens (tertiary/aromatic N) is 1. The topological polar surface area (TPSA) is 79.9 Å². The highest BCUT2D eigenvalue weighted by Gasteiger charge is 2.32. The van der Waals surface area contributed by atoms with E-state index < -0.39 is 0 Å². The molecular formula is C19H18ClN3O4. The predicted molar refractivity (Wildman–Crippen MR) is 102 cm³/mol. The van der Waals surface area contributed by atoms with Crippen LogP contribution in [0.4, 0.5) is 16.2 Å². The minimum Gasteiger partial charge on any atom is -0.486 e. The van der Waals surface area contributed by atoms with Crippen LogP contribution in [0, 0.1) is 0 Å². The van der Waals surface area contributed by atoms with Crippen molar-refractivity contribution in [1.82, 2.24) is 5.32 Å². The van der Waals surface area contributed by atoms with Crippen molar-refractivity contribution in [3.8, 4) is 11.5 Å². The summed E-state index contributed by atoms with van der Waals surface area (Å²) in [6.45, 7) is 1.40. The Balaban J connectivity index is 1.38. The molecule has 1 saturated heterocycles. The fraction of sp³-hybridized carbons (Fsp3) is 0.263. The smallest absolute Gasteiger partial charge is 0.319 e. The van der Waals surface area contributed by atoms with Crippen molar-refractivity contribution in [3.05, 3.63) is 47.5 Å². The van der Waals surface area contributed by atoms with E-state index in [4.69, 9.17) is 21.1 Å². The molecule has 1 atom stereocenters. The lowest BCUT2D eigenvalue weighted by Gasteiger charge is -2.22. The first-order valence-electron chi connectivity index (χ1n) is 8.61. The molecule has 0 aliphatic carbocycles. The zero-order valence-electron chi connectivity index (χ0n) is 14.4. The first kappa shape index (κ1) is 17.5. The van der Waals surface area contributed by atoms with Crippen LogP contribution in [0.2, 0.25) is 5.02 Å². The molecule has 0 aromatic heterocycles. The molecule has 3 amide bonds. The van der Waals surface area contributed by atoms with E-state index in [0.29, 0.717) is 42.0 Å². The Morgan fingerprint density at radius 2 is 1.81 bits per heavy atom. The van der Waals surface area contributed by atoms with Gasteiger partial charge in [-0.1, -0.05) is 11.6 Å². The fourth-order valence-electron chi connectivity index (χ4n) is 3.14. The van der Waals surface area contributed by atoms with E-state index in [1.54, 1.807) is 41.3 Å². The van der Waals surface area contributed by atoms with Gasteiger partial charge in [0.15, 0.2) is 11.5 Å². The van der Waals surface area contributed by atoms with Gasteiger partial charge in [-0.2, -0.15) is 0 Å². The van der Waals surface area contributed by atoms with Gasteiger partial charge in [-0.25, -0.2) is 4.79 Å². The third kappa shape index (κ3) is 3.93. The lowest BCUT2D eigenvalue weighted by atomic mass is 10.2. The molecule has 0 bridgehead atoms. The highest BCUT2D eigenvalue weighted by Crippen LogP contribution is 2.35. The number of hydrogen-bond acceptors (Lipinski definition) is 4. The zero-order chi connectivity index (χ0) is 18.8. The molecule has 140 valence electrons. The molecule has 8 heteroatoms. The Hall–Kier alpha value is -2.93. The average molecular weight is 388 g/mol. The summed E-state index contributed by atoms with van der Waals surface area (Å²) < 4.78 is 11.1. The van der Waals surface area contributed by atoms with Crippen molar-refractivity contribution in [3.63, 3.8) is 0 Å². The number of fused-ring (bicyclic) bond motifs is 1. The zero-order valence-corrected chi connectivity index (χ0v) is 15.2. The highest BCUT2D eigenvalue weighted by atomic mass is 35.5. The van der Waals surface area contributed by atoms with Gasteiger partial charge in [-0.3, -0.25) is 4.79 Å². The van der Waals surface area contributed by atoms with E-state index in [2.05, 4.69) is 10.6 Å². The summed E-state index contributed by atoms with van der Waals surface area (Å²) in [6.07, 6.45) is 0.239. The minimum atomic E-state index is -0.362. The largest absolute Gasteiger partial charge is 0.486 e. The summed E-state index contributed by atoms with van der Waals surface area (Å²) in [7, 11) is 0. The quantitative estimate of drug-likeness (QED) is 0.848. The summed E-state index contributed by atoms with van der Waals surface area (Å²) in [4.78, 5) is 26.2. The normalized spacial score (nSPS) is 18.3. The Morgan fingerprint density at radius 1 is 1.07 bits per heavy atom. The number of carbonyl (C=O) groups excluding carboxylic acids is 2. The SMILES string of the molecule is O=C(Nc1ccc(Cl)cc1)N[C@@H]1CC(=O)N(c2ccc3c(c2)OCCO3)C1. The van der Waals surface area contributed by atoms with Gasteiger partial charge in [0.05, 0.1) is 6.04 Å². The number of hydrogen-bond donors (Lipinski definition) is 2. The van der Waals surface area contributed by atoms with E-state index >= 15 is 0 Å². The fourth-order valence-corrected chi connectivity index (χ4v) is 3.27. The van der Waals surface area contributed by atoms with Gasteiger partial charge in [0, 0.05) is 35.4 Å². The lowest BCUT2D eigenvalue weighted by molar-refractivity contribution is -0.117. The molecule has 7 nitrogen and oxygen atoms in total. The van der Waals surface area contributed by atoms with Crippen LogP contribution >= 0.6 is 11.6 Å². The van der Waals surface area contributed by atoms with Crippen molar-refractivity contribution in [1.29, 1.82) is 0 Å². The average Bonchev–Trinajstić information content (AvgIpc) is 3.03. The molecule has 0 saturated carbocycles. The Morgan fingerprint density at radius 3 is 2.59 bits per heavy atom. The van der Waals surface area contributed by atoms with Gasteiger partial charge in [0.2, 0.25) is 5.91 Å². The third-order valence-corrected chi connectivity index (χ3v) is 4.65. The van der Waals surface area contributed by atoms with Crippen molar-refractivity contribution in [2.75, 3.05) is 30.0 Å². The number of benzene rings is 2. The molecule has 0 spiro atoms. The van der Waals surface area contributed by atoms with Crippen LogP contribution in [0.15, 0.2) is 42.5 Å². The van der Waals surface area contributed by atoms with Gasteiger partial charge in [-0.05, 0) is 36.4 Å². The number of amides is 3. The number of nitrogens with one attached hydrogen (secondary N) is 2. The molecule has 2 heterocycles. The van der Waals surface area contributed by atoms with E-state index in [-0.39, 0.29) is 24.4 Å². The monoisotopic (exact) mass is 387 g/mol. The standard InChI is InChI=1S/C19H18ClN3O4/c20-12-1-3-13(4-2-12)21-19(25)22-14-9-18(24)23(11-14)15-5-6-16-17(10-15)27-8-7-26-16/h1-6,10,14H,7-9,11H2,(H2,21,22,25)/t14-/m1/s1. The van der Waals surface area contributed by atoms with Crippen molar-refractivity contribution < 1.29 is 19.1 Å². The Kier molecular flexibility index (Phi) is 4.77. The molecule has 0 radical (unpaired) electrons. The number of urea groups is 1. The second-order valence-electron chi connectivity index (χ2n) is 6.34. The molecular weight excluding hydrogens is 370 g/mol. The maximum Gasteiger partial charge on any atom is 0.319 e. The summed E-state index contributed by atoms with van der Waals surface area (Å²) in [5, 5.41) is 6.16. The highest BCUT2D eigenvalue weighted by molar-refractivity contribution is 6.30. The van der Waals surface area contributed by atoms with Crippen molar-refractivity contribution >= 4 is 34.9 Å². The number of ether oxygens (including phenoxy) is 2. The van der Waals surface area contributed by atoms with Gasteiger partial charge >= 0.3 is 6.03 Å². The number of halogens is 1. The minimum absolute atomic E-state index is 0.0523. The molecule has 27 heavy (non-hydrogen) atoms. The molecule has 4 rings (SSSR count). The van der Waals surface area contributed by atoms with Crippen LogP contribution in [0.1, 0.15) is 6.42 Å². The van der Waals surface area contributed by atoms with Crippen LogP contribution in [0.5, 0.6) is 11.5 Å². The number of rotatable bonds is 3. The summed E-state index contributed by atoms with van der Waals surface area (Å²) >= 11 is 5.83. The van der Waals surface area contributed by atoms with Crippen LogP contribution in [0.25, 0.3) is 0 Å². The van der Waals surface area contributed by atoms with E-state index in [0.717, 1.165) is 5.69 Å². The summed E-state index contributed by atoms with van der Waals surface area (Å²) in [6, 6.07) is 11.6. The molecule has 2 aliphatic rings. The predicted octanol–water partition coefficient (Wildman–Crippen LogP) is 3.04. The van der Waals surface area contributed by atoms with Crippen LogP contribution in [0.3, 0.4) is 0 Å². The first-order valence-corrected chi connectivity index (χ1v) is 8.99. The molecule has 2 aromatic carbocycles. The first-order chi connectivity index (χ1) is 13.1. The van der Waals surface area contributed by atoms with Gasteiger partial charge in [-0.15, -0.1) is 0 Å². The number of anilines is 2.